The van der Waals surface area contributed by atoms with Crippen molar-refractivity contribution in [2.24, 2.45) is 0 Å². The van der Waals surface area contributed by atoms with E-state index in [-0.39, 0.29) is 11.5 Å². The molecular formula is C24H21BrN4O2S. The van der Waals surface area contributed by atoms with Crippen molar-refractivity contribution >= 4 is 55.9 Å². The molecule has 1 aromatic heterocycles. The quantitative estimate of drug-likeness (QED) is 0.209. The molecule has 1 heterocycles. The van der Waals surface area contributed by atoms with Crippen LogP contribution >= 0.6 is 27.7 Å². The number of nitrogens with one attached hydrogen (secondary N) is 1. The molecule has 3 aromatic carbocycles. The number of amides is 1. The van der Waals surface area contributed by atoms with Crippen LogP contribution in [0.5, 0.6) is 0 Å². The Morgan fingerprint density at radius 2 is 1.88 bits per heavy atom. The molecule has 8 heteroatoms. The van der Waals surface area contributed by atoms with Crippen molar-refractivity contribution < 1.29 is 4.79 Å². The average molecular weight is 509 g/mol. The Morgan fingerprint density at radius 3 is 2.59 bits per heavy atom. The molecule has 162 valence electrons. The average Bonchev–Trinajstić information content (AvgIpc) is 2.79. The van der Waals surface area contributed by atoms with Crippen LogP contribution in [0.25, 0.3) is 10.9 Å². The number of rotatable bonds is 6. The normalized spacial score (nSPS) is 10.9. The Labute approximate surface area is 198 Å². The number of thioether (sulfide) groups is 1. The van der Waals surface area contributed by atoms with Crippen LogP contribution in [0.2, 0.25) is 0 Å². The lowest BCUT2D eigenvalue weighted by Crippen LogP contribution is -2.22. The van der Waals surface area contributed by atoms with E-state index in [2.05, 4.69) is 21.2 Å². The van der Waals surface area contributed by atoms with Gasteiger partial charge < -0.3 is 11.1 Å². The largest absolute Gasteiger partial charge is 0.397 e. The highest BCUT2D eigenvalue weighted by Crippen LogP contribution is 2.24. The molecule has 0 aliphatic carbocycles. The van der Waals surface area contributed by atoms with Gasteiger partial charge in [0.2, 0.25) is 0 Å². The summed E-state index contributed by atoms with van der Waals surface area (Å²) < 4.78 is 2.57. The maximum Gasteiger partial charge on any atom is 0.262 e. The molecule has 0 radical (unpaired) electrons. The fraction of sp³-hybridized carbons (Fsp3) is 0.125. The molecule has 0 saturated carbocycles. The van der Waals surface area contributed by atoms with Gasteiger partial charge in [0.15, 0.2) is 5.16 Å². The van der Waals surface area contributed by atoms with Crippen molar-refractivity contribution in [2.75, 3.05) is 11.1 Å². The Kier molecular flexibility index (Phi) is 6.62. The summed E-state index contributed by atoms with van der Waals surface area (Å²) in [6, 6.07) is 20.0. The minimum absolute atomic E-state index is 0.0419. The molecule has 0 unspecified atom stereocenters. The number of halogens is 1. The number of para-hydroxylation sites is 2. The third-order valence-corrected chi connectivity index (χ3v) is 6.53. The van der Waals surface area contributed by atoms with Crippen LogP contribution in [-0.4, -0.2) is 15.5 Å². The summed E-state index contributed by atoms with van der Waals surface area (Å²) in [6.07, 6.45) is 0. The summed E-state index contributed by atoms with van der Waals surface area (Å²) in [5.41, 5.74) is 9.19. The Hall–Kier alpha value is -3.10. The number of benzene rings is 3. The predicted molar refractivity (Wildman–Crippen MR) is 134 cm³/mol. The lowest BCUT2D eigenvalue weighted by molar-refractivity contribution is 0.102. The summed E-state index contributed by atoms with van der Waals surface area (Å²) in [4.78, 5) is 30.0. The second-order valence-corrected chi connectivity index (χ2v) is 8.99. The van der Waals surface area contributed by atoms with Gasteiger partial charge in [-0.15, -0.1) is 0 Å². The summed E-state index contributed by atoms with van der Waals surface area (Å²) in [7, 11) is 0. The number of nitrogen functional groups attached to an aromatic ring is 1. The molecule has 32 heavy (non-hydrogen) atoms. The molecular weight excluding hydrogens is 488 g/mol. The van der Waals surface area contributed by atoms with Crippen LogP contribution in [0.1, 0.15) is 22.8 Å². The molecule has 6 nitrogen and oxygen atoms in total. The van der Waals surface area contributed by atoms with E-state index in [1.807, 2.05) is 43.3 Å². The third-order valence-electron chi connectivity index (χ3n) is 4.99. The van der Waals surface area contributed by atoms with E-state index in [0.717, 1.165) is 10.0 Å². The van der Waals surface area contributed by atoms with Gasteiger partial charge >= 0.3 is 0 Å². The monoisotopic (exact) mass is 508 g/mol. The second-order valence-electron chi connectivity index (χ2n) is 7.13. The smallest absolute Gasteiger partial charge is 0.262 e. The first kappa shape index (κ1) is 22.1. The number of carbonyl (C=O) groups is 1. The molecule has 0 fully saturated rings. The molecule has 0 bridgehead atoms. The van der Waals surface area contributed by atoms with E-state index in [1.54, 1.807) is 34.9 Å². The standard InChI is InChI=1S/C24H21BrN4O2S/c1-2-29-23(31)18-12-11-17(25)13-21(18)28-24(29)32-14-15-7-9-16(10-8-15)22(30)27-20-6-4-3-5-19(20)26/h3-13H,2,14,26H2,1H3,(H,27,30). The first-order chi connectivity index (χ1) is 15.5. The predicted octanol–water partition coefficient (Wildman–Crippen LogP) is 5.31. The van der Waals surface area contributed by atoms with Gasteiger partial charge in [-0.25, -0.2) is 4.98 Å². The summed E-state index contributed by atoms with van der Waals surface area (Å²) in [5.74, 6) is 0.406. The Bertz CT molecular complexity index is 1350. The minimum atomic E-state index is -0.219. The van der Waals surface area contributed by atoms with Crippen molar-refractivity contribution in [3.05, 3.63) is 92.7 Å². The highest BCUT2D eigenvalue weighted by Gasteiger charge is 2.12. The number of anilines is 2. The first-order valence-electron chi connectivity index (χ1n) is 10.0. The van der Waals surface area contributed by atoms with Crippen LogP contribution in [0.3, 0.4) is 0 Å². The van der Waals surface area contributed by atoms with Gasteiger partial charge in [-0.3, -0.25) is 14.2 Å². The molecule has 0 saturated heterocycles. The lowest BCUT2D eigenvalue weighted by Gasteiger charge is -2.12. The van der Waals surface area contributed by atoms with Crippen molar-refractivity contribution in [3.8, 4) is 0 Å². The van der Waals surface area contributed by atoms with Gasteiger partial charge in [0, 0.05) is 22.3 Å². The van der Waals surface area contributed by atoms with E-state index in [0.29, 0.717) is 45.3 Å². The molecule has 4 rings (SSSR count). The van der Waals surface area contributed by atoms with Gasteiger partial charge in [-0.1, -0.05) is 52.0 Å². The molecule has 1 amide bonds. The van der Waals surface area contributed by atoms with Gasteiger partial charge in [0.1, 0.15) is 0 Å². The Balaban J connectivity index is 1.50. The Morgan fingerprint density at radius 1 is 1.12 bits per heavy atom. The topological polar surface area (TPSA) is 90.0 Å². The van der Waals surface area contributed by atoms with Crippen molar-refractivity contribution in [1.29, 1.82) is 0 Å². The number of aromatic nitrogens is 2. The van der Waals surface area contributed by atoms with Gasteiger partial charge in [0.05, 0.1) is 22.3 Å². The zero-order valence-electron chi connectivity index (χ0n) is 17.3. The fourth-order valence-corrected chi connectivity index (χ4v) is 4.64. The number of hydrogen-bond donors (Lipinski definition) is 2. The molecule has 0 aliphatic rings. The highest BCUT2D eigenvalue weighted by atomic mass is 79.9. The molecule has 0 spiro atoms. The van der Waals surface area contributed by atoms with Gasteiger partial charge in [0.25, 0.3) is 11.5 Å². The van der Waals surface area contributed by atoms with E-state index in [9.17, 15) is 9.59 Å². The summed E-state index contributed by atoms with van der Waals surface area (Å²) in [6.45, 7) is 2.48. The maximum atomic E-state index is 12.8. The van der Waals surface area contributed by atoms with Crippen LogP contribution in [0.15, 0.2) is 81.2 Å². The number of fused-ring (bicyclic) bond motifs is 1. The van der Waals surface area contributed by atoms with Crippen molar-refractivity contribution in [2.45, 2.75) is 24.4 Å². The summed E-state index contributed by atoms with van der Waals surface area (Å²) >= 11 is 4.94. The fourth-order valence-electron chi connectivity index (χ4n) is 3.27. The van der Waals surface area contributed by atoms with E-state index >= 15 is 0 Å². The molecule has 0 atom stereocenters. The van der Waals surface area contributed by atoms with E-state index in [1.165, 1.54) is 11.8 Å². The van der Waals surface area contributed by atoms with Crippen LogP contribution in [-0.2, 0) is 12.3 Å². The first-order valence-corrected chi connectivity index (χ1v) is 11.8. The van der Waals surface area contributed by atoms with E-state index < -0.39 is 0 Å². The SMILES string of the molecule is CCn1c(SCc2ccc(C(=O)Nc3ccccc3N)cc2)nc2cc(Br)ccc2c1=O. The molecule has 4 aromatic rings. The van der Waals surface area contributed by atoms with Crippen LogP contribution in [0, 0.1) is 0 Å². The van der Waals surface area contributed by atoms with Gasteiger partial charge in [-0.05, 0) is 55.0 Å². The van der Waals surface area contributed by atoms with E-state index in [4.69, 9.17) is 10.7 Å². The van der Waals surface area contributed by atoms with Crippen molar-refractivity contribution in [3.63, 3.8) is 0 Å². The minimum Gasteiger partial charge on any atom is -0.397 e. The zero-order chi connectivity index (χ0) is 22.7. The molecule has 3 N–H and O–H groups in total. The number of nitrogens with zero attached hydrogens (tertiary/aromatic N) is 2. The zero-order valence-corrected chi connectivity index (χ0v) is 19.7. The van der Waals surface area contributed by atoms with Gasteiger partial charge in [-0.2, -0.15) is 0 Å². The molecule has 0 aliphatic heterocycles. The highest BCUT2D eigenvalue weighted by molar-refractivity contribution is 9.10. The summed E-state index contributed by atoms with van der Waals surface area (Å²) in [5, 5.41) is 4.10. The van der Waals surface area contributed by atoms with Crippen LogP contribution < -0.4 is 16.6 Å². The van der Waals surface area contributed by atoms with Crippen LogP contribution in [0.4, 0.5) is 11.4 Å². The lowest BCUT2D eigenvalue weighted by atomic mass is 10.1. The number of carbonyl (C=O) groups excluding carboxylic acids is 1. The maximum absolute atomic E-state index is 12.8. The number of nitrogens with two attached hydrogens (primary N) is 1. The third kappa shape index (κ3) is 4.71. The van der Waals surface area contributed by atoms with Crippen molar-refractivity contribution in [1.82, 2.24) is 9.55 Å². The second kappa shape index (κ2) is 9.58. The number of hydrogen-bond acceptors (Lipinski definition) is 5.